The zero-order chi connectivity index (χ0) is 8.81. The molecule has 1 unspecified atom stereocenters. The van der Waals surface area contributed by atoms with Crippen molar-refractivity contribution in [2.24, 2.45) is 0 Å². The number of hydrogen-bond acceptors (Lipinski definition) is 2. The van der Waals surface area contributed by atoms with Crippen molar-refractivity contribution < 1.29 is 0 Å². The quantitative estimate of drug-likeness (QED) is 0.726. The van der Waals surface area contributed by atoms with E-state index < -0.39 is 0 Å². The maximum Gasteiger partial charge on any atom is 0.0127 e. The van der Waals surface area contributed by atoms with E-state index >= 15 is 0 Å². The van der Waals surface area contributed by atoms with Gasteiger partial charge < -0.3 is 5.32 Å². The van der Waals surface area contributed by atoms with Crippen molar-refractivity contribution in [1.82, 2.24) is 5.32 Å². The van der Waals surface area contributed by atoms with Crippen molar-refractivity contribution in [3.05, 3.63) is 0 Å². The minimum Gasteiger partial charge on any atom is -0.316 e. The molecule has 0 heterocycles. The van der Waals surface area contributed by atoms with Gasteiger partial charge in [-0.15, -0.1) is 0 Å². The predicted molar refractivity (Wildman–Crippen MR) is 57.9 cm³/mol. The average molecular weight is 187 g/mol. The normalized spacial score (nSPS) is 22.5. The van der Waals surface area contributed by atoms with E-state index in [1.165, 1.54) is 37.9 Å². The van der Waals surface area contributed by atoms with Gasteiger partial charge in [0.05, 0.1) is 0 Å². The second-order valence-corrected chi connectivity index (χ2v) is 5.12. The summed E-state index contributed by atoms with van der Waals surface area (Å²) in [5, 5.41) is 4.25. The van der Waals surface area contributed by atoms with Gasteiger partial charge in [0, 0.05) is 17.0 Å². The summed E-state index contributed by atoms with van der Waals surface area (Å²) in [5.41, 5.74) is 0. The smallest absolute Gasteiger partial charge is 0.0127 e. The summed E-state index contributed by atoms with van der Waals surface area (Å²) in [5.74, 6) is 1.28. The first-order valence-electron chi connectivity index (χ1n) is 5.12. The minimum atomic E-state index is 0.678. The van der Waals surface area contributed by atoms with E-state index in [1.807, 2.05) is 7.05 Å². The summed E-state index contributed by atoms with van der Waals surface area (Å²) in [4.78, 5) is 0. The summed E-state index contributed by atoms with van der Waals surface area (Å²) in [6.45, 7) is 2.26. The highest BCUT2D eigenvalue weighted by molar-refractivity contribution is 7.99. The van der Waals surface area contributed by atoms with E-state index in [4.69, 9.17) is 0 Å². The van der Waals surface area contributed by atoms with Crippen LogP contribution in [-0.2, 0) is 0 Å². The molecule has 1 aliphatic rings. The fraction of sp³-hybridized carbons (Fsp3) is 1.00. The van der Waals surface area contributed by atoms with Crippen LogP contribution in [0.3, 0.4) is 0 Å². The van der Waals surface area contributed by atoms with Gasteiger partial charge in [0.15, 0.2) is 0 Å². The third-order valence-electron chi connectivity index (χ3n) is 2.63. The van der Waals surface area contributed by atoms with Gasteiger partial charge in [0.2, 0.25) is 0 Å². The Hall–Kier alpha value is 0.310. The molecule has 1 saturated carbocycles. The van der Waals surface area contributed by atoms with Gasteiger partial charge in [-0.3, -0.25) is 0 Å². The minimum absolute atomic E-state index is 0.678. The third-order valence-corrected chi connectivity index (χ3v) is 4.26. The van der Waals surface area contributed by atoms with Crippen LogP contribution in [-0.4, -0.2) is 24.1 Å². The fourth-order valence-electron chi connectivity index (χ4n) is 1.60. The number of thioether (sulfide) groups is 1. The monoisotopic (exact) mass is 187 g/mol. The van der Waals surface area contributed by atoms with Crippen LogP contribution in [0.1, 0.15) is 39.0 Å². The van der Waals surface area contributed by atoms with E-state index in [9.17, 15) is 0 Å². The van der Waals surface area contributed by atoms with Crippen LogP contribution in [0.25, 0.3) is 0 Å². The Balaban J connectivity index is 2.05. The number of nitrogens with one attached hydrogen (secondary N) is 1. The van der Waals surface area contributed by atoms with Gasteiger partial charge in [0.1, 0.15) is 0 Å². The van der Waals surface area contributed by atoms with Crippen LogP contribution in [0, 0.1) is 0 Å². The highest BCUT2D eigenvalue weighted by Crippen LogP contribution is 2.28. The Kier molecular flexibility index (Phi) is 5.08. The lowest BCUT2D eigenvalue weighted by atomic mass is 10.0. The third kappa shape index (κ3) is 3.81. The zero-order valence-electron chi connectivity index (χ0n) is 8.31. The molecule has 0 aliphatic heterocycles. The molecular weight excluding hydrogens is 166 g/mol. The predicted octanol–water partition coefficient (Wildman–Crippen LogP) is 2.66. The topological polar surface area (TPSA) is 12.0 Å². The Morgan fingerprint density at radius 1 is 1.33 bits per heavy atom. The first-order valence-corrected chi connectivity index (χ1v) is 6.16. The highest BCUT2D eigenvalue weighted by atomic mass is 32.2. The van der Waals surface area contributed by atoms with E-state index in [2.05, 4.69) is 24.0 Å². The molecule has 0 aromatic heterocycles. The van der Waals surface area contributed by atoms with Gasteiger partial charge in [-0.05, 0) is 26.8 Å². The molecule has 0 aromatic rings. The molecule has 0 aromatic carbocycles. The molecule has 0 radical (unpaired) electrons. The van der Waals surface area contributed by atoms with Crippen molar-refractivity contribution in [2.75, 3.05) is 12.8 Å². The van der Waals surface area contributed by atoms with Gasteiger partial charge in [-0.2, -0.15) is 11.8 Å². The van der Waals surface area contributed by atoms with Gasteiger partial charge in [-0.25, -0.2) is 0 Å². The molecule has 1 nitrogen and oxygen atoms in total. The molecule has 2 heteroatoms. The molecule has 0 bridgehead atoms. The van der Waals surface area contributed by atoms with Gasteiger partial charge in [-0.1, -0.05) is 19.3 Å². The molecule has 1 fully saturated rings. The van der Waals surface area contributed by atoms with Crippen LogP contribution < -0.4 is 5.32 Å². The lowest BCUT2D eigenvalue weighted by Crippen LogP contribution is -2.25. The van der Waals surface area contributed by atoms with E-state index in [0.717, 1.165) is 5.25 Å². The van der Waals surface area contributed by atoms with Crippen LogP contribution in [0.15, 0.2) is 0 Å². The molecule has 0 amide bonds. The lowest BCUT2D eigenvalue weighted by Gasteiger charge is -2.22. The Bertz CT molecular complexity index is 110. The molecule has 1 atom stereocenters. The maximum atomic E-state index is 3.28. The first-order chi connectivity index (χ1) is 5.83. The van der Waals surface area contributed by atoms with E-state index in [1.54, 1.807) is 0 Å². The van der Waals surface area contributed by atoms with Crippen LogP contribution in [0.5, 0.6) is 0 Å². The van der Waals surface area contributed by atoms with Gasteiger partial charge >= 0.3 is 0 Å². The highest BCUT2D eigenvalue weighted by Gasteiger charge is 2.14. The summed E-state index contributed by atoms with van der Waals surface area (Å²) < 4.78 is 0. The Morgan fingerprint density at radius 3 is 2.58 bits per heavy atom. The summed E-state index contributed by atoms with van der Waals surface area (Å²) >= 11 is 2.17. The molecular formula is C10H21NS. The molecule has 72 valence electrons. The molecule has 0 saturated heterocycles. The van der Waals surface area contributed by atoms with E-state index in [0.29, 0.717) is 6.04 Å². The summed E-state index contributed by atoms with van der Waals surface area (Å²) in [7, 11) is 2.05. The second kappa shape index (κ2) is 5.87. The maximum absolute atomic E-state index is 3.28. The molecule has 12 heavy (non-hydrogen) atoms. The standard InChI is InChI=1S/C10H21NS/c1-9(11-2)8-12-10-6-4-3-5-7-10/h9-11H,3-8H2,1-2H3. The number of rotatable bonds is 4. The Labute approximate surface area is 80.7 Å². The van der Waals surface area contributed by atoms with Crippen molar-refractivity contribution in [3.63, 3.8) is 0 Å². The van der Waals surface area contributed by atoms with Crippen LogP contribution >= 0.6 is 11.8 Å². The van der Waals surface area contributed by atoms with Crippen molar-refractivity contribution >= 4 is 11.8 Å². The average Bonchev–Trinajstić information content (AvgIpc) is 2.16. The fourth-order valence-corrected chi connectivity index (χ4v) is 2.99. The summed E-state index contributed by atoms with van der Waals surface area (Å²) in [6.07, 6.45) is 7.32. The van der Waals surface area contributed by atoms with Crippen molar-refractivity contribution in [1.29, 1.82) is 0 Å². The second-order valence-electron chi connectivity index (χ2n) is 3.78. The molecule has 0 spiro atoms. The van der Waals surface area contributed by atoms with Gasteiger partial charge in [0.25, 0.3) is 0 Å². The van der Waals surface area contributed by atoms with Crippen LogP contribution in [0.4, 0.5) is 0 Å². The van der Waals surface area contributed by atoms with Crippen molar-refractivity contribution in [2.45, 2.75) is 50.3 Å². The SMILES string of the molecule is CNC(C)CSC1CCCCC1. The van der Waals surface area contributed by atoms with Crippen molar-refractivity contribution in [3.8, 4) is 0 Å². The molecule has 1 rings (SSSR count). The largest absolute Gasteiger partial charge is 0.316 e. The molecule has 1 N–H and O–H groups in total. The summed E-state index contributed by atoms with van der Waals surface area (Å²) in [6, 6.07) is 0.678. The van der Waals surface area contributed by atoms with E-state index in [-0.39, 0.29) is 0 Å². The Morgan fingerprint density at radius 2 is 2.00 bits per heavy atom. The van der Waals surface area contributed by atoms with Crippen LogP contribution in [0.2, 0.25) is 0 Å². The first kappa shape index (κ1) is 10.4. The molecule has 1 aliphatic carbocycles. The zero-order valence-corrected chi connectivity index (χ0v) is 9.12. The lowest BCUT2D eigenvalue weighted by molar-refractivity contribution is 0.515. The number of hydrogen-bond donors (Lipinski definition) is 1.